The van der Waals surface area contributed by atoms with Crippen molar-refractivity contribution in [3.05, 3.63) is 47.8 Å². The highest BCUT2D eigenvalue weighted by Gasteiger charge is 2.10. The summed E-state index contributed by atoms with van der Waals surface area (Å²) in [6, 6.07) is 11.9. The van der Waals surface area contributed by atoms with E-state index in [2.05, 4.69) is 10.3 Å². The minimum atomic E-state index is -0.551. The number of halogens is 1. The summed E-state index contributed by atoms with van der Waals surface area (Å²) in [4.78, 5) is 4.41. The van der Waals surface area contributed by atoms with Crippen LogP contribution < -0.4 is 10.1 Å². The first-order valence-corrected chi connectivity index (χ1v) is 6.93. The van der Waals surface area contributed by atoms with Crippen LogP contribution in [0.1, 0.15) is 5.56 Å². The summed E-state index contributed by atoms with van der Waals surface area (Å²) < 4.78 is 19.7. The molecule has 0 bridgehead atoms. The van der Waals surface area contributed by atoms with E-state index in [0.717, 1.165) is 16.0 Å². The van der Waals surface area contributed by atoms with Crippen LogP contribution in [0.4, 0.5) is 15.2 Å². The molecule has 0 amide bonds. The van der Waals surface area contributed by atoms with Crippen LogP contribution in [0, 0.1) is 17.1 Å². The summed E-state index contributed by atoms with van der Waals surface area (Å²) in [7, 11) is 1.60. The van der Waals surface area contributed by atoms with E-state index in [4.69, 9.17) is 10.00 Å². The zero-order valence-electron chi connectivity index (χ0n) is 11.1. The van der Waals surface area contributed by atoms with Crippen LogP contribution in [0.2, 0.25) is 0 Å². The lowest BCUT2D eigenvalue weighted by atomic mass is 10.2. The Morgan fingerprint density at radius 2 is 2.19 bits per heavy atom. The Labute approximate surface area is 124 Å². The number of fused-ring (bicyclic) bond motifs is 1. The van der Waals surface area contributed by atoms with Crippen molar-refractivity contribution in [3.8, 4) is 11.8 Å². The molecule has 0 radical (unpaired) electrons. The van der Waals surface area contributed by atoms with Crippen molar-refractivity contribution < 1.29 is 9.13 Å². The molecule has 2 aromatic carbocycles. The van der Waals surface area contributed by atoms with Gasteiger partial charge in [-0.2, -0.15) is 5.26 Å². The van der Waals surface area contributed by atoms with Gasteiger partial charge < -0.3 is 10.1 Å². The van der Waals surface area contributed by atoms with E-state index in [9.17, 15) is 4.39 Å². The maximum atomic E-state index is 13.6. The summed E-state index contributed by atoms with van der Waals surface area (Å²) in [6.07, 6.45) is 0. The van der Waals surface area contributed by atoms with Gasteiger partial charge in [0, 0.05) is 0 Å². The number of nitrogens with zero attached hydrogens (tertiary/aromatic N) is 2. The third kappa shape index (κ3) is 2.51. The second-order valence-corrected chi connectivity index (χ2v) is 5.28. The first-order chi connectivity index (χ1) is 10.2. The highest BCUT2D eigenvalue weighted by molar-refractivity contribution is 7.22. The lowest BCUT2D eigenvalue weighted by Crippen LogP contribution is -1.95. The molecule has 0 spiro atoms. The largest absolute Gasteiger partial charge is 0.497 e. The molecule has 1 aromatic heterocycles. The van der Waals surface area contributed by atoms with E-state index in [-0.39, 0.29) is 5.56 Å². The zero-order valence-corrected chi connectivity index (χ0v) is 11.9. The molecule has 3 rings (SSSR count). The Morgan fingerprint density at radius 3 is 2.95 bits per heavy atom. The summed E-state index contributed by atoms with van der Waals surface area (Å²) in [5.41, 5.74) is 1.20. The van der Waals surface area contributed by atoms with Gasteiger partial charge >= 0.3 is 0 Å². The van der Waals surface area contributed by atoms with Gasteiger partial charge in [-0.3, -0.25) is 0 Å². The molecular weight excluding hydrogens is 289 g/mol. The molecule has 0 aliphatic heterocycles. The number of hydrogen-bond donors (Lipinski definition) is 1. The van der Waals surface area contributed by atoms with Gasteiger partial charge in [-0.05, 0) is 30.3 Å². The number of hydrogen-bond acceptors (Lipinski definition) is 5. The smallest absolute Gasteiger partial charge is 0.188 e. The highest BCUT2D eigenvalue weighted by Crippen LogP contribution is 2.32. The van der Waals surface area contributed by atoms with Gasteiger partial charge in [0.15, 0.2) is 5.13 Å². The first kappa shape index (κ1) is 13.3. The molecule has 0 atom stereocenters. The van der Waals surface area contributed by atoms with Gasteiger partial charge in [-0.15, -0.1) is 0 Å². The summed E-state index contributed by atoms with van der Waals surface area (Å²) in [5.74, 6) is 0.200. The molecule has 0 aliphatic carbocycles. The van der Waals surface area contributed by atoms with Crippen molar-refractivity contribution >= 4 is 32.4 Å². The van der Waals surface area contributed by atoms with Gasteiger partial charge in [0.25, 0.3) is 0 Å². The van der Waals surface area contributed by atoms with E-state index in [1.54, 1.807) is 19.2 Å². The Kier molecular flexibility index (Phi) is 3.42. The number of benzene rings is 2. The number of anilines is 2. The molecule has 4 nitrogen and oxygen atoms in total. The quantitative estimate of drug-likeness (QED) is 0.792. The van der Waals surface area contributed by atoms with Crippen LogP contribution in [-0.2, 0) is 0 Å². The van der Waals surface area contributed by atoms with Gasteiger partial charge in [-0.25, -0.2) is 9.37 Å². The monoisotopic (exact) mass is 299 g/mol. The van der Waals surface area contributed by atoms with Crippen molar-refractivity contribution in [1.29, 1.82) is 5.26 Å². The summed E-state index contributed by atoms with van der Waals surface area (Å²) in [5, 5.41) is 12.6. The third-order valence-electron chi connectivity index (χ3n) is 2.96. The predicted molar refractivity (Wildman–Crippen MR) is 80.6 cm³/mol. The van der Waals surface area contributed by atoms with Gasteiger partial charge in [-0.1, -0.05) is 17.4 Å². The molecule has 0 fully saturated rings. The Bertz CT molecular complexity index is 854. The SMILES string of the molecule is COc1ccc2nc(Nc3cccc(F)c3C#N)sc2c1. The van der Waals surface area contributed by atoms with Crippen molar-refractivity contribution in [2.45, 2.75) is 0 Å². The minimum Gasteiger partial charge on any atom is -0.497 e. The number of rotatable bonds is 3. The molecule has 0 unspecified atom stereocenters. The number of ether oxygens (including phenoxy) is 1. The second-order valence-electron chi connectivity index (χ2n) is 4.25. The van der Waals surface area contributed by atoms with Gasteiger partial charge in [0.1, 0.15) is 23.2 Å². The lowest BCUT2D eigenvalue weighted by Gasteiger charge is -2.04. The Hall–Kier alpha value is -2.65. The fraction of sp³-hybridized carbons (Fsp3) is 0.0667. The third-order valence-corrected chi connectivity index (χ3v) is 3.90. The molecule has 104 valence electrons. The number of aromatic nitrogens is 1. The van der Waals surface area contributed by atoms with Crippen LogP contribution in [0.25, 0.3) is 10.2 Å². The van der Waals surface area contributed by atoms with Gasteiger partial charge in [0.2, 0.25) is 0 Å². The maximum Gasteiger partial charge on any atom is 0.188 e. The van der Waals surface area contributed by atoms with Crippen LogP contribution in [0.3, 0.4) is 0 Å². The van der Waals surface area contributed by atoms with Crippen LogP contribution >= 0.6 is 11.3 Å². The standard InChI is InChI=1S/C15H10FN3OS/c1-20-9-5-6-13-14(7-9)21-15(19-13)18-12-4-2-3-11(16)10(12)8-17/h2-7H,1H3,(H,18,19). The van der Waals surface area contributed by atoms with Crippen molar-refractivity contribution in [1.82, 2.24) is 4.98 Å². The van der Waals surface area contributed by atoms with E-state index in [1.807, 2.05) is 24.3 Å². The van der Waals surface area contributed by atoms with E-state index in [1.165, 1.54) is 17.4 Å². The van der Waals surface area contributed by atoms with E-state index >= 15 is 0 Å². The second kappa shape index (κ2) is 5.38. The average Bonchev–Trinajstić information content (AvgIpc) is 2.88. The van der Waals surface area contributed by atoms with E-state index < -0.39 is 5.82 Å². The summed E-state index contributed by atoms with van der Waals surface area (Å²) >= 11 is 1.41. The molecular formula is C15H10FN3OS. The molecule has 6 heteroatoms. The maximum absolute atomic E-state index is 13.6. The average molecular weight is 299 g/mol. The zero-order chi connectivity index (χ0) is 14.8. The van der Waals surface area contributed by atoms with Crippen molar-refractivity contribution in [2.24, 2.45) is 0 Å². The molecule has 21 heavy (non-hydrogen) atoms. The fourth-order valence-corrected chi connectivity index (χ4v) is 2.85. The Balaban J connectivity index is 1.99. The van der Waals surface area contributed by atoms with E-state index in [0.29, 0.717) is 10.8 Å². The topological polar surface area (TPSA) is 57.9 Å². The molecule has 3 aromatic rings. The van der Waals surface area contributed by atoms with Gasteiger partial charge in [0.05, 0.1) is 23.0 Å². The summed E-state index contributed by atoms with van der Waals surface area (Å²) in [6.45, 7) is 0. The van der Waals surface area contributed by atoms with Crippen molar-refractivity contribution in [3.63, 3.8) is 0 Å². The highest BCUT2D eigenvalue weighted by atomic mass is 32.1. The minimum absolute atomic E-state index is 0.0191. The number of methoxy groups -OCH3 is 1. The predicted octanol–water partition coefficient (Wildman–Crippen LogP) is 4.06. The first-order valence-electron chi connectivity index (χ1n) is 6.11. The molecule has 1 heterocycles. The van der Waals surface area contributed by atoms with Crippen LogP contribution in [0.15, 0.2) is 36.4 Å². The normalized spacial score (nSPS) is 10.3. The van der Waals surface area contributed by atoms with Crippen LogP contribution in [0.5, 0.6) is 5.75 Å². The van der Waals surface area contributed by atoms with Crippen LogP contribution in [-0.4, -0.2) is 12.1 Å². The fourth-order valence-electron chi connectivity index (χ4n) is 1.94. The van der Waals surface area contributed by atoms with Crippen molar-refractivity contribution in [2.75, 3.05) is 12.4 Å². The number of nitriles is 1. The molecule has 0 saturated heterocycles. The Morgan fingerprint density at radius 1 is 1.33 bits per heavy atom. The molecule has 1 N–H and O–H groups in total. The number of thiazole rings is 1. The lowest BCUT2D eigenvalue weighted by molar-refractivity contribution is 0.415. The molecule has 0 aliphatic rings. The molecule has 0 saturated carbocycles. The number of nitrogens with one attached hydrogen (secondary N) is 1.